The van der Waals surface area contributed by atoms with Crippen LogP contribution in [0.2, 0.25) is 0 Å². The molecule has 0 radical (unpaired) electrons. The molecule has 3 aromatic rings. The molecule has 3 N–H and O–H groups in total. The number of hydrogen-bond donors (Lipinski definition) is 3. The van der Waals surface area contributed by atoms with E-state index in [0.29, 0.717) is 13.1 Å². The highest BCUT2D eigenvalue weighted by atomic mass is 16.7. The smallest absolute Gasteiger partial charge is 0.240 e. The number of nitrogens with one attached hydrogen (secondary N) is 1. The van der Waals surface area contributed by atoms with Crippen molar-refractivity contribution in [2.45, 2.75) is 57.4 Å². The third kappa shape index (κ3) is 7.99. The lowest BCUT2D eigenvalue weighted by Crippen LogP contribution is -2.49. The maximum atomic E-state index is 13.5. The predicted molar refractivity (Wildman–Crippen MR) is 167 cm³/mol. The first-order valence-corrected chi connectivity index (χ1v) is 14.6. The van der Waals surface area contributed by atoms with Crippen LogP contribution in [0.4, 0.5) is 5.69 Å². The van der Waals surface area contributed by atoms with Gasteiger partial charge in [0.2, 0.25) is 5.91 Å². The molecule has 222 valence electrons. The Hall–Kier alpha value is -3.67. The minimum atomic E-state index is -0.843. The highest BCUT2D eigenvalue weighted by Crippen LogP contribution is 2.32. The Morgan fingerprint density at radius 3 is 2.43 bits per heavy atom. The number of carbonyl (C=O) groups is 1. The van der Waals surface area contributed by atoms with Crippen LogP contribution in [-0.2, 0) is 21.6 Å². The monoisotopic (exact) mass is 569 g/mol. The van der Waals surface area contributed by atoms with Gasteiger partial charge in [-0.05, 0) is 62.6 Å². The van der Waals surface area contributed by atoms with Gasteiger partial charge in [0.1, 0.15) is 12.1 Å². The molecule has 1 heterocycles. The summed E-state index contributed by atoms with van der Waals surface area (Å²) in [6, 6.07) is 27.4. The van der Waals surface area contributed by atoms with Crippen molar-refractivity contribution in [2.75, 3.05) is 31.6 Å². The lowest BCUT2D eigenvalue weighted by atomic mass is 9.85. The van der Waals surface area contributed by atoms with Gasteiger partial charge in [-0.15, -0.1) is 0 Å². The van der Waals surface area contributed by atoms with Crippen LogP contribution in [-0.4, -0.2) is 66.2 Å². The average Bonchev–Trinajstić information content (AvgIpc) is 3.38. The average molecular weight is 570 g/mol. The van der Waals surface area contributed by atoms with Crippen molar-refractivity contribution < 1.29 is 19.8 Å². The first-order valence-electron chi connectivity index (χ1n) is 14.6. The van der Waals surface area contributed by atoms with E-state index in [1.807, 2.05) is 67.7 Å². The molecule has 0 aromatic heterocycles. The molecule has 0 spiro atoms. The van der Waals surface area contributed by atoms with Gasteiger partial charge in [-0.25, -0.2) is 0 Å². The van der Waals surface area contributed by atoms with Crippen LogP contribution in [0, 0.1) is 17.8 Å². The Labute approximate surface area is 250 Å². The Balaban J connectivity index is 1.44. The maximum Gasteiger partial charge on any atom is 0.240 e. The minimum Gasteiger partial charge on any atom is -0.394 e. The van der Waals surface area contributed by atoms with Crippen LogP contribution >= 0.6 is 0 Å². The topological polar surface area (TPSA) is 85.3 Å². The second kappa shape index (κ2) is 14.5. The molecule has 1 aliphatic heterocycles. The number of aliphatic hydroxyl groups excluding tert-OH is 2. The molecule has 1 fully saturated rings. The molecule has 1 amide bonds. The van der Waals surface area contributed by atoms with Crippen molar-refractivity contribution in [3.8, 4) is 11.8 Å². The van der Waals surface area contributed by atoms with E-state index >= 15 is 0 Å². The van der Waals surface area contributed by atoms with Gasteiger partial charge in [-0.2, -0.15) is 5.06 Å². The number of hydroxylamine groups is 2. The first-order chi connectivity index (χ1) is 20.2. The molecule has 0 aliphatic carbocycles. The number of benzene rings is 3. The number of hydrogen-bond acceptors (Lipinski definition) is 6. The normalized spacial score (nSPS) is 19.5. The quantitative estimate of drug-likeness (QED) is 0.238. The highest BCUT2D eigenvalue weighted by Gasteiger charge is 2.49. The minimum absolute atomic E-state index is 0.222. The zero-order valence-electron chi connectivity index (χ0n) is 25.0. The standard InChI is InChI=1S/C35H43N3O4/c1-26(40)32-31(25-39)42-38(33(32)34(41)36-21-12-22-37(4)30-17-9-6-10-18-30)24-28-14-11-13-27(23-28)19-20-35(2,3)29-15-7-5-8-16-29/h5-11,13-18,23,26,31-33,39-40H,12,21-22,24-25H2,1-4H3,(H,36,41)/t26-,31-,32+,33-/m1/s1. The van der Waals surface area contributed by atoms with Crippen molar-refractivity contribution in [1.29, 1.82) is 0 Å². The van der Waals surface area contributed by atoms with E-state index < -0.39 is 24.2 Å². The lowest BCUT2D eigenvalue weighted by Gasteiger charge is -2.26. The highest BCUT2D eigenvalue weighted by molar-refractivity contribution is 5.82. The number of nitrogens with zero attached hydrogens (tertiary/aromatic N) is 2. The summed E-state index contributed by atoms with van der Waals surface area (Å²) in [4.78, 5) is 21.7. The Morgan fingerprint density at radius 2 is 1.76 bits per heavy atom. The summed E-state index contributed by atoms with van der Waals surface area (Å²) < 4.78 is 0. The van der Waals surface area contributed by atoms with E-state index in [0.717, 1.165) is 35.3 Å². The molecule has 0 saturated carbocycles. The van der Waals surface area contributed by atoms with Crippen LogP contribution in [0.3, 0.4) is 0 Å². The second-order valence-corrected chi connectivity index (χ2v) is 11.5. The van der Waals surface area contributed by atoms with Gasteiger partial charge in [0.05, 0.1) is 24.7 Å². The van der Waals surface area contributed by atoms with Crippen molar-refractivity contribution in [3.05, 3.63) is 102 Å². The van der Waals surface area contributed by atoms with Crippen LogP contribution in [0.1, 0.15) is 43.9 Å². The molecular weight excluding hydrogens is 526 g/mol. The van der Waals surface area contributed by atoms with E-state index in [4.69, 9.17) is 4.84 Å². The van der Waals surface area contributed by atoms with Crippen molar-refractivity contribution in [1.82, 2.24) is 10.4 Å². The fraction of sp³-hybridized carbons (Fsp3) is 0.400. The number of carbonyl (C=O) groups excluding carboxylic acids is 1. The van der Waals surface area contributed by atoms with Crippen LogP contribution < -0.4 is 10.2 Å². The Bertz CT molecular complexity index is 1350. The summed E-state index contributed by atoms with van der Waals surface area (Å²) >= 11 is 0. The third-order valence-electron chi connectivity index (χ3n) is 7.83. The van der Waals surface area contributed by atoms with E-state index in [9.17, 15) is 15.0 Å². The lowest BCUT2D eigenvalue weighted by molar-refractivity contribution is -0.181. The van der Waals surface area contributed by atoms with Gasteiger partial charge >= 0.3 is 0 Å². The van der Waals surface area contributed by atoms with E-state index in [2.05, 4.69) is 60.2 Å². The van der Waals surface area contributed by atoms with Gasteiger partial charge < -0.3 is 20.4 Å². The van der Waals surface area contributed by atoms with Gasteiger partial charge in [0.25, 0.3) is 0 Å². The Morgan fingerprint density at radius 1 is 1.07 bits per heavy atom. The first kappa shape index (κ1) is 31.3. The SMILES string of the molecule is C[C@@H](O)[C@H]1[C@@H](CO)ON(Cc2cccc(C#CC(C)(C)c3ccccc3)c2)[C@H]1C(=O)NCCCN(C)c1ccccc1. The van der Waals surface area contributed by atoms with E-state index in [1.165, 1.54) is 0 Å². The molecule has 0 unspecified atom stereocenters. The fourth-order valence-corrected chi connectivity index (χ4v) is 5.40. The number of amides is 1. The zero-order chi connectivity index (χ0) is 30.1. The predicted octanol–water partition coefficient (Wildman–Crippen LogP) is 4.13. The van der Waals surface area contributed by atoms with Gasteiger partial charge in [0.15, 0.2) is 0 Å². The molecular formula is C35H43N3O4. The van der Waals surface area contributed by atoms with Crippen LogP contribution in [0.5, 0.6) is 0 Å². The molecule has 7 heteroatoms. The summed E-state index contributed by atoms with van der Waals surface area (Å²) in [7, 11) is 2.03. The number of rotatable bonds is 11. The molecule has 4 rings (SSSR count). The van der Waals surface area contributed by atoms with Crippen molar-refractivity contribution in [3.63, 3.8) is 0 Å². The van der Waals surface area contributed by atoms with Crippen molar-refractivity contribution >= 4 is 11.6 Å². The summed E-state index contributed by atoms with van der Waals surface area (Å²) in [6.07, 6.45) is -0.766. The molecule has 3 aromatic carbocycles. The molecule has 1 saturated heterocycles. The third-order valence-corrected chi connectivity index (χ3v) is 7.83. The number of aliphatic hydroxyl groups is 2. The molecule has 7 nitrogen and oxygen atoms in total. The number of anilines is 1. The second-order valence-electron chi connectivity index (χ2n) is 11.5. The van der Waals surface area contributed by atoms with Crippen LogP contribution in [0.25, 0.3) is 0 Å². The molecule has 42 heavy (non-hydrogen) atoms. The van der Waals surface area contributed by atoms with Crippen LogP contribution in [0.15, 0.2) is 84.9 Å². The Kier molecular flexibility index (Phi) is 10.8. The van der Waals surface area contributed by atoms with Gasteiger partial charge in [-0.3, -0.25) is 9.63 Å². The van der Waals surface area contributed by atoms with Gasteiger partial charge in [0, 0.05) is 37.3 Å². The summed E-state index contributed by atoms with van der Waals surface area (Å²) in [5, 5.41) is 25.2. The zero-order valence-corrected chi connectivity index (χ0v) is 25.0. The molecule has 0 bridgehead atoms. The maximum absolute atomic E-state index is 13.5. The largest absolute Gasteiger partial charge is 0.394 e. The van der Waals surface area contributed by atoms with E-state index in [1.54, 1.807) is 12.0 Å². The summed E-state index contributed by atoms with van der Waals surface area (Å²) in [6.45, 7) is 7.13. The number of para-hydroxylation sites is 1. The van der Waals surface area contributed by atoms with Gasteiger partial charge in [-0.1, -0.05) is 72.5 Å². The van der Waals surface area contributed by atoms with Crippen molar-refractivity contribution in [2.24, 2.45) is 5.92 Å². The van der Waals surface area contributed by atoms with E-state index in [-0.39, 0.29) is 17.9 Å². The summed E-state index contributed by atoms with van der Waals surface area (Å²) in [5.41, 5.74) is 3.75. The summed E-state index contributed by atoms with van der Waals surface area (Å²) in [5.74, 6) is 5.91. The molecule has 4 atom stereocenters. The molecule has 1 aliphatic rings. The fourth-order valence-electron chi connectivity index (χ4n) is 5.40.